The van der Waals surface area contributed by atoms with E-state index in [4.69, 9.17) is 4.74 Å². The van der Waals surface area contributed by atoms with Gasteiger partial charge in [-0.05, 0) is 18.3 Å². The number of ether oxygens (including phenoxy) is 1. The molecule has 0 saturated heterocycles. The van der Waals surface area contributed by atoms with Crippen LogP contribution >= 0.6 is 0 Å². The maximum atomic E-state index is 5.04. The Balaban J connectivity index is 1.71. The van der Waals surface area contributed by atoms with Gasteiger partial charge in [0.2, 0.25) is 0 Å². The third kappa shape index (κ3) is 4.91. The van der Waals surface area contributed by atoms with Crippen LogP contribution < -0.4 is 5.32 Å². The van der Waals surface area contributed by atoms with Crippen LogP contribution in [0.1, 0.15) is 44.7 Å². The summed E-state index contributed by atoms with van der Waals surface area (Å²) in [5.74, 6) is 1.86. The Hall–Kier alpha value is -0.870. The van der Waals surface area contributed by atoms with Crippen molar-refractivity contribution in [2.45, 2.75) is 52.1 Å². The Morgan fingerprint density at radius 2 is 2.15 bits per heavy atom. The van der Waals surface area contributed by atoms with E-state index in [9.17, 15) is 0 Å². The fraction of sp³-hybridized carbons (Fsp3) is 0.812. The summed E-state index contributed by atoms with van der Waals surface area (Å²) < 4.78 is 7.35. The van der Waals surface area contributed by atoms with Crippen molar-refractivity contribution in [1.29, 1.82) is 0 Å². The van der Waals surface area contributed by atoms with Crippen LogP contribution in [0.25, 0.3) is 0 Å². The highest BCUT2D eigenvalue weighted by atomic mass is 16.5. The molecule has 0 atom stereocenters. The van der Waals surface area contributed by atoms with Gasteiger partial charge in [-0.25, -0.2) is 4.98 Å². The minimum atomic E-state index is 0.758. The number of aryl methyl sites for hydroxylation is 1. The van der Waals surface area contributed by atoms with Crippen LogP contribution in [-0.4, -0.2) is 29.8 Å². The normalized spacial score (nSPS) is 23.1. The SMILES string of the molecule is COCCNCc1cncn1CCC1CCC(C)CC1. The third-order valence-electron chi connectivity index (χ3n) is 4.50. The van der Waals surface area contributed by atoms with Gasteiger partial charge < -0.3 is 14.6 Å². The predicted molar refractivity (Wildman–Crippen MR) is 81.5 cm³/mol. The van der Waals surface area contributed by atoms with Crippen molar-refractivity contribution in [3.63, 3.8) is 0 Å². The molecule has 1 aromatic rings. The van der Waals surface area contributed by atoms with Gasteiger partial charge in [0.05, 0.1) is 18.6 Å². The molecule has 0 radical (unpaired) electrons. The number of nitrogens with zero attached hydrogens (tertiary/aromatic N) is 2. The van der Waals surface area contributed by atoms with Gasteiger partial charge in [0, 0.05) is 32.9 Å². The number of hydrogen-bond acceptors (Lipinski definition) is 3. The van der Waals surface area contributed by atoms with E-state index in [2.05, 4.69) is 21.8 Å². The molecule has 0 aromatic carbocycles. The van der Waals surface area contributed by atoms with E-state index < -0.39 is 0 Å². The van der Waals surface area contributed by atoms with E-state index in [1.807, 2.05) is 12.5 Å². The first-order chi connectivity index (χ1) is 9.79. The van der Waals surface area contributed by atoms with E-state index in [1.54, 1.807) is 7.11 Å². The van der Waals surface area contributed by atoms with Crippen LogP contribution in [0, 0.1) is 11.8 Å². The molecule has 0 bridgehead atoms. The Bertz CT molecular complexity index is 370. The topological polar surface area (TPSA) is 39.1 Å². The molecule has 1 aliphatic carbocycles. The van der Waals surface area contributed by atoms with Crippen molar-refractivity contribution in [3.8, 4) is 0 Å². The predicted octanol–water partition coefficient (Wildman–Crippen LogP) is 2.84. The molecular weight excluding hydrogens is 250 g/mol. The molecular formula is C16H29N3O. The molecule has 0 unspecified atom stereocenters. The highest BCUT2D eigenvalue weighted by molar-refractivity contribution is 4.97. The summed E-state index contributed by atoms with van der Waals surface area (Å²) in [7, 11) is 1.73. The molecule has 0 spiro atoms. The summed E-state index contributed by atoms with van der Waals surface area (Å²) in [6.07, 6.45) is 10.9. The van der Waals surface area contributed by atoms with E-state index in [1.165, 1.54) is 37.8 Å². The molecule has 4 heteroatoms. The Morgan fingerprint density at radius 3 is 2.90 bits per heavy atom. The molecule has 1 aliphatic rings. The van der Waals surface area contributed by atoms with Crippen LogP contribution in [0.5, 0.6) is 0 Å². The summed E-state index contributed by atoms with van der Waals surface area (Å²) in [5.41, 5.74) is 1.28. The zero-order chi connectivity index (χ0) is 14.2. The van der Waals surface area contributed by atoms with Crippen LogP contribution in [0.15, 0.2) is 12.5 Å². The Labute approximate surface area is 122 Å². The van der Waals surface area contributed by atoms with Gasteiger partial charge in [-0.1, -0.05) is 32.6 Å². The molecule has 1 fully saturated rings. The average Bonchev–Trinajstić information content (AvgIpc) is 2.90. The maximum absolute atomic E-state index is 5.04. The number of imidazole rings is 1. The fourth-order valence-corrected chi connectivity index (χ4v) is 3.03. The number of nitrogens with one attached hydrogen (secondary N) is 1. The smallest absolute Gasteiger partial charge is 0.0948 e. The Morgan fingerprint density at radius 1 is 1.35 bits per heavy atom. The molecule has 2 rings (SSSR count). The first-order valence-electron chi connectivity index (χ1n) is 7.98. The van der Waals surface area contributed by atoms with Gasteiger partial charge in [0.15, 0.2) is 0 Å². The highest BCUT2D eigenvalue weighted by Crippen LogP contribution is 2.30. The number of hydrogen-bond donors (Lipinski definition) is 1. The summed E-state index contributed by atoms with van der Waals surface area (Å²) in [4.78, 5) is 4.29. The van der Waals surface area contributed by atoms with Crippen LogP contribution in [-0.2, 0) is 17.8 Å². The molecule has 1 heterocycles. The lowest BCUT2D eigenvalue weighted by molar-refractivity contribution is 0.199. The largest absolute Gasteiger partial charge is 0.383 e. The molecule has 0 aliphatic heterocycles. The second kappa shape index (κ2) is 8.42. The van der Waals surface area contributed by atoms with E-state index in [-0.39, 0.29) is 0 Å². The summed E-state index contributed by atoms with van der Waals surface area (Å²) in [6, 6.07) is 0. The number of rotatable bonds is 8. The molecule has 1 saturated carbocycles. The molecule has 1 N–H and O–H groups in total. The highest BCUT2D eigenvalue weighted by Gasteiger charge is 2.18. The summed E-state index contributed by atoms with van der Waals surface area (Å²) in [5, 5.41) is 3.39. The molecule has 4 nitrogen and oxygen atoms in total. The van der Waals surface area contributed by atoms with Gasteiger partial charge in [-0.2, -0.15) is 0 Å². The second-order valence-corrected chi connectivity index (χ2v) is 6.16. The van der Waals surface area contributed by atoms with Crippen LogP contribution in [0.4, 0.5) is 0 Å². The lowest BCUT2D eigenvalue weighted by atomic mass is 9.81. The quantitative estimate of drug-likeness (QED) is 0.744. The van der Waals surface area contributed by atoms with Crippen molar-refractivity contribution in [1.82, 2.24) is 14.9 Å². The van der Waals surface area contributed by atoms with Gasteiger partial charge >= 0.3 is 0 Å². The molecule has 1 aromatic heterocycles. The zero-order valence-corrected chi connectivity index (χ0v) is 13.0. The number of methoxy groups -OCH3 is 1. The van der Waals surface area contributed by atoms with Crippen molar-refractivity contribution in [2.24, 2.45) is 11.8 Å². The van der Waals surface area contributed by atoms with E-state index in [0.29, 0.717) is 0 Å². The van der Waals surface area contributed by atoms with Crippen molar-refractivity contribution >= 4 is 0 Å². The molecule has 114 valence electrons. The van der Waals surface area contributed by atoms with Crippen molar-refractivity contribution in [2.75, 3.05) is 20.3 Å². The summed E-state index contributed by atoms with van der Waals surface area (Å²) >= 11 is 0. The Kier molecular flexibility index (Phi) is 6.54. The second-order valence-electron chi connectivity index (χ2n) is 6.16. The summed E-state index contributed by atoms with van der Waals surface area (Å²) in [6.45, 7) is 6.03. The van der Waals surface area contributed by atoms with E-state index >= 15 is 0 Å². The minimum absolute atomic E-state index is 0.758. The average molecular weight is 279 g/mol. The third-order valence-corrected chi connectivity index (χ3v) is 4.50. The number of aromatic nitrogens is 2. The molecule has 0 amide bonds. The maximum Gasteiger partial charge on any atom is 0.0948 e. The van der Waals surface area contributed by atoms with Crippen molar-refractivity contribution < 1.29 is 4.74 Å². The van der Waals surface area contributed by atoms with Gasteiger partial charge in [0.25, 0.3) is 0 Å². The fourth-order valence-electron chi connectivity index (χ4n) is 3.03. The zero-order valence-electron chi connectivity index (χ0n) is 13.0. The van der Waals surface area contributed by atoms with Gasteiger partial charge in [-0.3, -0.25) is 0 Å². The van der Waals surface area contributed by atoms with Crippen LogP contribution in [0.2, 0.25) is 0 Å². The first kappa shape index (κ1) is 15.5. The van der Waals surface area contributed by atoms with Gasteiger partial charge in [-0.15, -0.1) is 0 Å². The lowest BCUT2D eigenvalue weighted by Crippen LogP contribution is -2.21. The monoisotopic (exact) mass is 279 g/mol. The lowest BCUT2D eigenvalue weighted by Gasteiger charge is -2.26. The van der Waals surface area contributed by atoms with E-state index in [0.717, 1.165) is 38.1 Å². The van der Waals surface area contributed by atoms with Crippen molar-refractivity contribution in [3.05, 3.63) is 18.2 Å². The first-order valence-corrected chi connectivity index (χ1v) is 7.98. The molecule has 20 heavy (non-hydrogen) atoms. The minimum Gasteiger partial charge on any atom is -0.383 e. The van der Waals surface area contributed by atoms with Crippen LogP contribution in [0.3, 0.4) is 0 Å². The standard InChI is InChI=1S/C16H29N3O/c1-14-3-5-15(6-4-14)7-9-19-13-18-12-16(19)11-17-8-10-20-2/h12-15,17H,3-11H2,1-2H3. The van der Waals surface area contributed by atoms with Gasteiger partial charge in [0.1, 0.15) is 0 Å².